The number of amides is 1. The van der Waals surface area contributed by atoms with Crippen molar-refractivity contribution in [3.8, 4) is 0 Å². The molecule has 0 bridgehead atoms. The normalized spacial score (nSPS) is 17.5. The molecule has 0 N–H and O–H groups in total. The van der Waals surface area contributed by atoms with Crippen LogP contribution >= 0.6 is 0 Å². The van der Waals surface area contributed by atoms with E-state index in [-0.39, 0.29) is 11.5 Å². The Morgan fingerprint density at radius 2 is 1.66 bits per heavy atom. The van der Waals surface area contributed by atoms with E-state index in [1.807, 2.05) is 25.1 Å². The van der Waals surface area contributed by atoms with Crippen molar-refractivity contribution in [2.75, 3.05) is 42.0 Å². The van der Waals surface area contributed by atoms with Gasteiger partial charge < -0.3 is 14.5 Å². The summed E-state index contributed by atoms with van der Waals surface area (Å²) < 4.78 is 29.0. The molecule has 154 valence electrons. The van der Waals surface area contributed by atoms with Gasteiger partial charge in [-0.15, -0.1) is 0 Å². The maximum atomic E-state index is 12.9. The van der Waals surface area contributed by atoms with Crippen molar-refractivity contribution in [1.82, 2.24) is 0 Å². The molecule has 0 unspecified atom stereocenters. The SMILES string of the molecule is CN(C)c1ccc(C(=O)OCC(=O)N(c2ccccc2)[C@@H]2CCS(=O)(=O)C2)cc1. The third-order valence-electron chi connectivity index (χ3n) is 4.82. The van der Waals surface area contributed by atoms with E-state index in [0.717, 1.165) is 5.69 Å². The van der Waals surface area contributed by atoms with Crippen molar-refractivity contribution < 1.29 is 22.7 Å². The predicted octanol–water partition coefficient (Wildman–Crippen LogP) is 2.13. The summed E-state index contributed by atoms with van der Waals surface area (Å²) in [6, 6.07) is 15.2. The minimum atomic E-state index is -3.17. The molecule has 1 atom stereocenters. The first-order chi connectivity index (χ1) is 13.8. The second-order valence-electron chi connectivity index (χ2n) is 7.17. The van der Waals surface area contributed by atoms with Crippen LogP contribution in [0.15, 0.2) is 54.6 Å². The number of benzene rings is 2. The zero-order chi connectivity index (χ0) is 21.0. The van der Waals surface area contributed by atoms with Gasteiger partial charge in [0.15, 0.2) is 16.4 Å². The Hall–Kier alpha value is -2.87. The average Bonchev–Trinajstić information content (AvgIpc) is 3.06. The minimum Gasteiger partial charge on any atom is -0.452 e. The van der Waals surface area contributed by atoms with E-state index >= 15 is 0 Å². The molecule has 3 rings (SSSR count). The van der Waals surface area contributed by atoms with Gasteiger partial charge in [0.05, 0.1) is 23.1 Å². The van der Waals surface area contributed by atoms with Gasteiger partial charge in [0.2, 0.25) is 0 Å². The van der Waals surface area contributed by atoms with Crippen LogP contribution < -0.4 is 9.80 Å². The first-order valence-corrected chi connectivity index (χ1v) is 11.1. The maximum absolute atomic E-state index is 12.9. The number of carbonyl (C=O) groups excluding carboxylic acids is 2. The Labute approximate surface area is 170 Å². The highest BCUT2D eigenvalue weighted by Crippen LogP contribution is 2.24. The highest BCUT2D eigenvalue weighted by Gasteiger charge is 2.35. The Balaban J connectivity index is 1.71. The molecule has 29 heavy (non-hydrogen) atoms. The maximum Gasteiger partial charge on any atom is 0.338 e. The Morgan fingerprint density at radius 1 is 1.00 bits per heavy atom. The summed E-state index contributed by atoms with van der Waals surface area (Å²) in [6.07, 6.45) is 0.364. The van der Waals surface area contributed by atoms with Crippen LogP contribution in [0.4, 0.5) is 11.4 Å². The largest absolute Gasteiger partial charge is 0.452 e. The molecule has 1 aliphatic rings. The Kier molecular flexibility index (Phi) is 6.22. The molecule has 0 saturated carbocycles. The lowest BCUT2D eigenvalue weighted by molar-refractivity contribution is -0.122. The summed E-state index contributed by atoms with van der Waals surface area (Å²) in [4.78, 5) is 28.5. The van der Waals surface area contributed by atoms with Crippen molar-refractivity contribution in [2.45, 2.75) is 12.5 Å². The highest BCUT2D eigenvalue weighted by molar-refractivity contribution is 7.91. The molecule has 2 aromatic rings. The van der Waals surface area contributed by atoms with E-state index in [4.69, 9.17) is 4.74 Å². The van der Waals surface area contributed by atoms with Crippen molar-refractivity contribution in [3.63, 3.8) is 0 Å². The Bertz CT molecular complexity index is 972. The number of anilines is 2. The topological polar surface area (TPSA) is 84.0 Å². The standard InChI is InChI=1S/C21H24N2O5S/c1-22(2)17-10-8-16(9-11-17)21(25)28-14-20(24)23(18-6-4-3-5-7-18)19-12-13-29(26,27)15-19/h3-11,19H,12-15H2,1-2H3/t19-/m1/s1. The van der Waals surface area contributed by atoms with Crippen LogP contribution in [0.25, 0.3) is 0 Å². The van der Waals surface area contributed by atoms with E-state index in [1.54, 1.807) is 48.5 Å². The van der Waals surface area contributed by atoms with E-state index in [9.17, 15) is 18.0 Å². The molecule has 1 heterocycles. The lowest BCUT2D eigenvalue weighted by Gasteiger charge is -2.28. The number of nitrogens with zero attached hydrogens (tertiary/aromatic N) is 2. The molecular formula is C21H24N2O5S. The van der Waals surface area contributed by atoms with Crippen LogP contribution in [-0.2, 0) is 19.4 Å². The molecule has 1 saturated heterocycles. The van der Waals surface area contributed by atoms with Crippen LogP contribution in [-0.4, -0.2) is 58.5 Å². The molecule has 1 aliphatic heterocycles. The molecule has 8 heteroatoms. The fourth-order valence-corrected chi connectivity index (χ4v) is 5.00. The van der Waals surface area contributed by atoms with Crippen LogP contribution in [0.2, 0.25) is 0 Å². The first-order valence-electron chi connectivity index (χ1n) is 9.29. The van der Waals surface area contributed by atoms with Gasteiger partial charge in [-0.2, -0.15) is 0 Å². The summed E-state index contributed by atoms with van der Waals surface area (Å²) >= 11 is 0. The fourth-order valence-electron chi connectivity index (χ4n) is 3.30. The number of carbonyl (C=O) groups is 2. The number of sulfone groups is 1. The quantitative estimate of drug-likeness (QED) is 0.671. The van der Waals surface area contributed by atoms with Gasteiger partial charge in [-0.25, -0.2) is 13.2 Å². The molecule has 0 aliphatic carbocycles. The number of rotatable bonds is 6. The van der Waals surface area contributed by atoms with Gasteiger partial charge in [-0.05, 0) is 42.8 Å². The van der Waals surface area contributed by atoms with E-state index in [0.29, 0.717) is 17.7 Å². The number of para-hydroxylation sites is 1. The molecule has 1 fully saturated rings. The average molecular weight is 416 g/mol. The molecule has 1 amide bonds. The molecule has 0 aromatic heterocycles. The van der Waals surface area contributed by atoms with Gasteiger partial charge >= 0.3 is 5.97 Å². The van der Waals surface area contributed by atoms with Gasteiger partial charge in [-0.1, -0.05) is 18.2 Å². The molecule has 2 aromatic carbocycles. The monoisotopic (exact) mass is 416 g/mol. The lowest BCUT2D eigenvalue weighted by Crippen LogP contribution is -2.43. The third-order valence-corrected chi connectivity index (χ3v) is 6.57. The first kappa shape index (κ1) is 20.9. The predicted molar refractivity (Wildman–Crippen MR) is 112 cm³/mol. The minimum absolute atomic E-state index is 0.0479. The zero-order valence-electron chi connectivity index (χ0n) is 16.4. The Morgan fingerprint density at radius 3 is 2.21 bits per heavy atom. The lowest BCUT2D eigenvalue weighted by atomic mass is 10.2. The summed E-state index contributed by atoms with van der Waals surface area (Å²) in [5.41, 5.74) is 1.87. The summed E-state index contributed by atoms with van der Waals surface area (Å²) in [5.74, 6) is -1.09. The van der Waals surface area contributed by atoms with Crippen LogP contribution in [0, 0.1) is 0 Å². The van der Waals surface area contributed by atoms with Crippen LogP contribution in [0.1, 0.15) is 16.8 Å². The van der Waals surface area contributed by atoms with E-state index in [2.05, 4.69) is 0 Å². The van der Waals surface area contributed by atoms with Crippen molar-refractivity contribution >= 4 is 33.1 Å². The van der Waals surface area contributed by atoms with E-state index in [1.165, 1.54) is 4.90 Å². The molecular weight excluding hydrogens is 392 g/mol. The molecule has 0 radical (unpaired) electrons. The second-order valence-corrected chi connectivity index (χ2v) is 9.40. The summed E-state index contributed by atoms with van der Waals surface area (Å²) in [6.45, 7) is -0.459. The van der Waals surface area contributed by atoms with Crippen LogP contribution in [0.5, 0.6) is 0 Å². The molecule has 7 nitrogen and oxygen atoms in total. The van der Waals surface area contributed by atoms with Gasteiger partial charge in [-0.3, -0.25) is 4.79 Å². The summed E-state index contributed by atoms with van der Waals surface area (Å²) in [7, 11) is 0.619. The van der Waals surface area contributed by atoms with Gasteiger partial charge in [0, 0.05) is 25.5 Å². The fraction of sp³-hybridized carbons (Fsp3) is 0.333. The number of esters is 1. The number of ether oxygens (including phenoxy) is 1. The number of hydrogen-bond acceptors (Lipinski definition) is 6. The van der Waals surface area contributed by atoms with Crippen molar-refractivity contribution in [3.05, 3.63) is 60.2 Å². The van der Waals surface area contributed by atoms with Gasteiger partial charge in [0.1, 0.15) is 0 Å². The zero-order valence-corrected chi connectivity index (χ0v) is 17.3. The number of hydrogen-bond donors (Lipinski definition) is 0. The second kappa shape index (κ2) is 8.65. The molecule has 0 spiro atoms. The van der Waals surface area contributed by atoms with Crippen molar-refractivity contribution in [1.29, 1.82) is 0 Å². The van der Waals surface area contributed by atoms with Crippen molar-refractivity contribution in [2.24, 2.45) is 0 Å². The van der Waals surface area contributed by atoms with Gasteiger partial charge in [0.25, 0.3) is 5.91 Å². The smallest absolute Gasteiger partial charge is 0.338 e. The summed E-state index contributed by atoms with van der Waals surface area (Å²) in [5, 5.41) is 0. The van der Waals surface area contributed by atoms with Crippen LogP contribution in [0.3, 0.4) is 0 Å². The highest BCUT2D eigenvalue weighted by atomic mass is 32.2. The van der Waals surface area contributed by atoms with E-state index < -0.39 is 34.4 Å². The third kappa shape index (κ3) is 5.14.